The fourth-order valence-electron chi connectivity index (χ4n) is 1.51. The van der Waals surface area contributed by atoms with Crippen molar-refractivity contribution in [3.63, 3.8) is 0 Å². The maximum Gasteiger partial charge on any atom is 0.225 e. The first-order valence-electron chi connectivity index (χ1n) is 5.34. The largest absolute Gasteiger partial charge is 0.376 e. The summed E-state index contributed by atoms with van der Waals surface area (Å²) in [7, 11) is 0. The van der Waals surface area contributed by atoms with Crippen LogP contribution in [-0.2, 0) is 9.53 Å². The van der Waals surface area contributed by atoms with E-state index in [0.717, 1.165) is 19.4 Å². The molecule has 1 N–H and O–H groups in total. The third kappa shape index (κ3) is 2.98. The minimum Gasteiger partial charge on any atom is -0.376 e. The van der Waals surface area contributed by atoms with E-state index in [-0.39, 0.29) is 23.5 Å². The van der Waals surface area contributed by atoms with Gasteiger partial charge in [-0.2, -0.15) is 0 Å². The predicted octanol–water partition coefficient (Wildman–Crippen LogP) is 1.72. The summed E-state index contributed by atoms with van der Waals surface area (Å²) in [6, 6.07) is 0.129. The van der Waals surface area contributed by atoms with Crippen molar-refractivity contribution < 1.29 is 9.53 Å². The topological polar surface area (TPSA) is 38.3 Å². The molecular weight excluding hydrogens is 178 g/mol. The second kappa shape index (κ2) is 4.30. The summed E-state index contributed by atoms with van der Waals surface area (Å²) in [5.41, 5.74) is -0.313. The van der Waals surface area contributed by atoms with Crippen molar-refractivity contribution in [1.29, 1.82) is 0 Å². The van der Waals surface area contributed by atoms with Gasteiger partial charge in [0, 0.05) is 12.0 Å². The third-order valence-corrected chi connectivity index (χ3v) is 2.56. The van der Waals surface area contributed by atoms with E-state index in [1.807, 2.05) is 27.7 Å². The van der Waals surface area contributed by atoms with Crippen molar-refractivity contribution in [1.82, 2.24) is 5.32 Å². The van der Waals surface area contributed by atoms with Crippen LogP contribution in [0.1, 0.15) is 40.5 Å². The van der Waals surface area contributed by atoms with Crippen molar-refractivity contribution in [3.8, 4) is 0 Å². The zero-order valence-electron chi connectivity index (χ0n) is 9.59. The summed E-state index contributed by atoms with van der Waals surface area (Å²) >= 11 is 0. The predicted molar refractivity (Wildman–Crippen MR) is 56.0 cm³/mol. The lowest BCUT2D eigenvalue weighted by atomic mass is 9.95. The van der Waals surface area contributed by atoms with Gasteiger partial charge in [-0.1, -0.05) is 20.8 Å². The standard InChI is InChI=1S/C11H21NO2/c1-8(9-6-5-7-14-9)12-10(13)11(2,3)4/h8-9H,5-7H2,1-4H3,(H,12,13). The van der Waals surface area contributed by atoms with Crippen molar-refractivity contribution in [3.05, 3.63) is 0 Å². The van der Waals surface area contributed by atoms with E-state index in [9.17, 15) is 4.79 Å². The first-order valence-corrected chi connectivity index (χ1v) is 5.34. The van der Waals surface area contributed by atoms with Crippen LogP contribution in [0.15, 0.2) is 0 Å². The zero-order valence-corrected chi connectivity index (χ0v) is 9.59. The highest BCUT2D eigenvalue weighted by Crippen LogP contribution is 2.18. The van der Waals surface area contributed by atoms with Gasteiger partial charge in [0.25, 0.3) is 0 Å². The Balaban J connectivity index is 2.39. The monoisotopic (exact) mass is 199 g/mol. The van der Waals surface area contributed by atoms with Crippen LogP contribution in [0.5, 0.6) is 0 Å². The molecule has 1 heterocycles. The molecule has 1 aliphatic rings. The van der Waals surface area contributed by atoms with Crippen molar-refractivity contribution >= 4 is 5.91 Å². The summed E-state index contributed by atoms with van der Waals surface area (Å²) in [4.78, 5) is 11.7. The molecule has 14 heavy (non-hydrogen) atoms. The number of nitrogens with one attached hydrogen (secondary N) is 1. The number of rotatable bonds is 2. The minimum absolute atomic E-state index is 0.0977. The molecule has 2 atom stereocenters. The van der Waals surface area contributed by atoms with Gasteiger partial charge < -0.3 is 10.1 Å². The van der Waals surface area contributed by atoms with Gasteiger partial charge in [0.1, 0.15) is 0 Å². The van der Waals surface area contributed by atoms with E-state index < -0.39 is 0 Å². The van der Waals surface area contributed by atoms with Gasteiger partial charge in [-0.3, -0.25) is 4.79 Å². The van der Waals surface area contributed by atoms with Crippen LogP contribution in [0, 0.1) is 5.41 Å². The van der Waals surface area contributed by atoms with Crippen LogP contribution in [0.25, 0.3) is 0 Å². The number of carbonyl (C=O) groups excluding carboxylic acids is 1. The lowest BCUT2D eigenvalue weighted by molar-refractivity contribution is -0.130. The zero-order chi connectivity index (χ0) is 10.8. The second-order valence-electron chi connectivity index (χ2n) is 5.06. The Morgan fingerprint density at radius 2 is 2.14 bits per heavy atom. The van der Waals surface area contributed by atoms with Crippen LogP contribution in [0.2, 0.25) is 0 Å². The van der Waals surface area contributed by atoms with Crippen molar-refractivity contribution in [2.24, 2.45) is 5.41 Å². The summed E-state index contributed by atoms with van der Waals surface area (Å²) in [5.74, 6) is 0.0977. The molecule has 3 heteroatoms. The molecule has 0 aromatic carbocycles. The lowest BCUT2D eigenvalue weighted by Crippen LogP contribution is -2.45. The second-order valence-corrected chi connectivity index (χ2v) is 5.06. The van der Waals surface area contributed by atoms with E-state index in [1.54, 1.807) is 0 Å². The average molecular weight is 199 g/mol. The van der Waals surface area contributed by atoms with Crippen molar-refractivity contribution in [2.75, 3.05) is 6.61 Å². The van der Waals surface area contributed by atoms with E-state index in [0.29, 0.717) is 0 Å². The Hall–Kier alpha value is -0.570. The summed E-state index contributed by atoms with van der Waals surface area (Å²) in [6.07, 6.45) is 2.38. The number of amides is 1. The van der Waals surface area contributed by atoms with Gasteiger partial charge in [-0.05, 0) is 19.8 Å². The molecular formula is C11H21NO2. The maximum atomic E-state index is 11.7. The Labute approximate surface area is 86.2 Å². The molecule has 3 nitrogen and oxygen atoms in total. The average Bonchev–Trinajstić information content (AvgIpc) is 2.53. The summed E-state index contributed by atoms with van der Waals surface area (Å²) in [6.45, 7) is 8.61. The molecule has 0 aliphatic carbocycles. The fraction of sp³-hybridized carbons (Fsp3) is 0.909. The number of carbonyl (C=O) groups is 1. The number of ether oxygens (including phenoxy) is 1. The lowest BCUT2D eigenvalue weighted by Gasteiger charge is -2.25. The van der Waals surface area contributed by atoms with E-state index in [1.165, 1.54) is 0 Å². The van der Waals surface area contributed by atoms with Crippen LogP contribution < -0.4 is 5.32 Å². The molecule has 1 amide bonds. The molecule has 1 rings (SSSR count). The van der Waals surface area contributed by atoms with Crippen LogP contribution in [0.4, 0.5) is 0 Å². The normalized spacial score (nSPS) is 24.7. The molecule has 0 saturated carbocycles. The Morgan fingerprint density at radius 1 is 1.50 bits per heavy atom. The molecule has 0 aromatic rings. The smallest absolute Gasteiger partial charge is 0.225 e. The molecule has 1 saturated heterocycles. The van der Waals surface area contributed by atoms with Crippen LogP contribution in [-0.4, -0.2) is 24.7 Å². The van der Waals surface area contributed by atoms with E-state index >= 15 is 0 Å². The van der Waals surface area contributed by atoms with Crippen LogP contribution >= 0.6 is 0 Å². The highest BCUT2D eigenvalue weighted by molar-refractivity contribution is 5.81. The molecule has 0 aromatic heterocycles. The Bertz CT molecular complexity index is 202. The molecule has 0 radical (unpaired) electrons. The number of hydrogen-bond donors (Lipinski definition) is 1. The molecule has 1 fully saturated rings. The maximum absolute atomic E-state index is 11.7. The van der Waals surface area contributed by atoms with Crippen LogP contribution in [0.3, 0.4) is 0 Å². The van der Waals surface area contributed by atoms with E-state index in [4.69, 9.17) is 4.74 Å². The van der Waals surface area contributed by atoms with E-state index in [2.05, 4.69) is 5.32 Å². The Kier molecular flexibility index (Phi) is 3.53. The van der Waals surface area contributed by atoms with Gasteiger partial charge >= 0.3 is 0 Å². The molecule has 1 aliphatic heterocycles. The molecule has 0 spiro atoms. The van der Waals surface area contributed by atoms with Crippen molar-refractivity contribution in [2.45, 2.75) is 52.7 Å². The summed E-state index contributed by atoms with van der Waals surface area (Å²) in [5, 5.41) is 3.00. The number of hydrogen-bond acceptors (Lipinski definition) is 2. The molecule has 0 bridgehead atoms. The molecule has 2 unspecified atom stereocenters. The third-order valence-electron chi connectivity index (χ3n) is 2.56. The summed E-state index contributed by atoms with van der Waals surface area (Å²) < 4.78 is 5.51. The van der Waals surface area contributed by atoms with Gasteiger partial charge in [0.2, 0.25) is 5.91 Å². The van der Waals surface area contributed by atoms with Gasteiger partial charge in [-0.25, -0.2) is 0 Å². The van der Waals surface area contributed by atoms with Gasteiger partial charge in [-0.15, -0.1) is 0 Å². The minimum atomic E-state index is -0.313. The quantitative estimate of drug-likeness (QED) is 0.735. The first-order chi connectivity index (χ1) is 6.41. The Morgan fingerprint density at radius 3 is 2.57 bits per heavy atom. The van der Waals surface area contributed by atoms with Gasteiger partial charge in [0.15, 0.2) is 0 Å². The first kappa shape index (κ1) is 11.5. The van der Waals surface area contributed by atoms with Gasteiger partial charge in [0.05, 0.1) is 12.1 Å². The fourth-order valence-corrected chi connectivity index (χ4v) is 1.51. The highest BCUT2D eigenvalue weighted by Gasteiger charge is 2.27. The molecule has 82 valence electrons. The highest BCUT2D eigenvalue weighted by atomic mass is 16.5. The SMILES string of the molecule is CC(NC(=O)C(C)(C)C)C1CCCO1.